The van der Waals surface area contributed by atoms with Crippen molar-refractivity contribution in [3.05, 3.63) is 47.5 Å². The van der Waals surface area contributed by atoms with E-state index in [2.05, 4.69) is 74.5 Å². The molecule has 2 heterocycles. The first-order valence-electron chi connectivity index (χ1n) is 7.15. The molecule has 0 bridgehead atoms. The zero-order valence-corrected chi connectivity index (χ0v) is 13.4. The van der Waals surface area contributed by atoms with E-state index in [1.807, 2.05) is 12.4 Å². The maximum atomic E-state index is 4.49. The van der Waals surface area contributed by atoms with Crippen LogP contribution in [-0.2, 0) is 17.4 Å². The summed E-state index contributed by atoms with van der Waals surface area (Å²) in [6, 6.07) is 6.37. The van der Waals surface area contributed by atoms with E-state index in [4.69, 9.17) is 0 Å². The van der Waals surface area contributed by atoms with Gasteiger partial charge in [0.05, 0.1) is 12.2 Å². The smallest absolute Gasteiger partial charge is 0.0834 e. The first-order chi connectivity index (χ1) is 9.18. The molecule has 0 amide bonds. The van der Waals surface area contributed by atoms with Gasteiger partial charge in [0, 0.05) is 23.5 Å². The van der Waals surface area contributed by atoms with Gasteiger partial charge in [0.1, 0.15) is 0 Å². The Labute approximate surface area is 122 Å². The summed E-state index contributed by atoms with van der Waals surface area (Å²) in [7, 11) is 0. The van der Waals surface area contributed by atoms with Crippen LogP contribution in [0.15, 0.2) is 30.6 Å². The van der Waals surface area contributed by atoms with E-state index in [9.17, 15) is 0 Å². The standard InChI is InChI=1S/C17H25N3/c1-16(2,3)13-7-9-18-14(11-13)12-20-15(8-10-19-20)17(4,5)6/h7-11H,12H2,1-6H3. The fraction of sp³-hybridized carbons (Fsp3) is 0.529. The molecule has 0 aromatic carbocycles. The van der Waals surface area contributed by atoms with E-state index in [1.165, 1.54) is 11.3 Å². The Morgan fingerprint density at radius 2 is 1.65 bits per heavy atom. The van der Waals surface area contributed by atoms with Crippen LogP contribution >= 0.6 is 0 Å². The van der Waals surface area contributed by atoms with Crippen molar-refractivity contribution in [2.24, 2.45) is 0 Å². The molecule has 0 N–H and O–H groups in total. The molecular weight excluding hydrogens is 246 g/mol. The molecular formula is C17H25N3. The summed E-state index contributed by atoms with van der Waals surface area (Å²) >= 11 is 0. The Bertz CT molecular complexity index is 583. The molecule has 3 nitrogen and oxygen atoms in total. The molecule has 2 aromatic rings. The van der Waals surface area contributed by atoms with Crippen LogP contribution in [0.1, 0.15) is 58.5 Å². The summed E-state index contributed by atoms with van der Waals surface area (Å²) < 4.78 is 2.05. The van der Waals surface area contributed by atoms with Crippen LogP contribution in [0.2, 0.25) is 0 Å². The minimum atomic E-state index is 0.0954. The highest BCUT2D eigenvalue weighted by Crippen LogP contribution is 2.24. The second kappa shape index (κ2) is 5.04. The van der Waals surface area contributed by atoms with E-state index in [0.717, 1.165) is 12.2 Å². The molecule has 108 valence electrons. The van der Waals surface area contributed by atoms with Crippen LogP contribution in [-0.4, -0.2) is 14.8 Å². The van der Waals surface area contributed by atoms with E-state index in [1.54, 1.807) is 0 Å². The molecule has 0 unspecified atom stereocenters. The van der Waals surface area contributed by atoms with Crippen LogP contribution in [0.4, 0.5) is 0 Å². The van der Waals surface area contributed by atoms with Crippen molar-refractivity contribution >= 4 is 0 Å². The average molecular weight is 271 g/mol. The van der Waals surface area contributed by atoms with Crippen LogP contribution < -0.4 is 0 Å². The number of hydrogen-bond donors (Lipinski definition) is 0. The Morgan fingerprint density at radius 1 is 0.950 bits per heavy atom. The lowest BCUT2D eigenvalue weighted by Crippen LogP contribution is -2.19. The first kappa shape index (κ1) is 14.8. The lowest BCUT2D eigenvalue weighted by atomic mass is 9.87. The summed E-state index contributed by atoms with van der Waals surface area (Å²) in [6.45, 7) is 14.0. The van der Waals surface area contributed by atoms with Gasteiger partial charge in [-0.2, -0.15) is 5.10 Å². The largest absolute Gasteiger partial charge is 0.263 e. The molecule has 0 spiro atoms. The van der Waals surface area contributed by atoms with Crippen molar-refractivity contribution in [1.82, 2.24) is 14.8 Å². The number of nitrogens with zero attached hydrogens (tertiary/aromatic N) is 3. The average Bonchev–Trinajstić information content (AvgIpc) is 2.76. The van der Waals surface area contributed by atoms with Gasteiger partial charge in [0.15, 0.2) is 0 Å². The molecule has 20 heavy (non-hydrogen) atoms. The Kier molecular flexibility index (Phi) is 3.72. The predicted octanol–water partition coefficient (Wildman–Crippen LogP) is 3.92. The molecule has 0 radical (unpaired) electrons. The zero-order chi connectivity index (χ0) is 15.0. The van der Waals surface area contributed by atoms with Gasteiger partial charge < -0.3 is 0 Å². The molecule has 0 aliphatic carbocycles. The third-order valence-corrected chi connectivity index (χ3v) is 3.48. The van der Waals surface area contributed by atoms with Gasteiger partial charge in [0.2, 0.25) is 0 Å². The Hall–Kier alpha value is -1.64. The second-order valence-electron chi connectivity index (χ2n) is 7.41. The fourth-order valence-corrected chi connectivity index (χ4v) is 2.28. The maximum absolute atomic E-state index is 4.49. The van der Waals surface area contributed by atoms with E-state index in [-0.39, 0.29) is 10.8 Å². The molecule has 0 atom stereocenters. The summed E-state index contributed by atoms with van der Waals surface area (Å²) in [5.74, 6) is 0. The fourth-order valence-electron chi connectivity index (χ4n) is 2.28. The molecule has 2 aromatic heterocycles. The minimum absolute atomic E-state index is 0.0954. The van der Waals surface area contributed by atoms with Crippen LogP contribution in [0.25, 0.3) is 0 Å². The van der Waals surface area contributed by atoms with Crippen LogP contribution in [0.5, 0.6) is 0 Å². The monoisotopic (exact) mass is 271 g/mol. The molecule has 0 aliphatic heterocycles. The zero-order valence-electron chi connectivity index (χ0n) is 13.4. The third-order valence-electron chi connectivity index (χ3n) is 3.48. The normalized spacial score (nSPS) is 12.7. The molecule has 2 rings (SSSR count). The highest BCUT2D eigenvalue weighted by molar-refractivity contribution is 5.24. The molecule has 0 saturated heterocycles. The van der Waals surface area contributed by atoms with Gasteiger partial charge in [-0.25, -0.2) is 0 Å². The van der Waals surface area contributed by atoms with Crippen LogP contribution in [0, 0.1) is 0 Å². The predicted molar refractivity (Wildman–Crippen MR) is 83.0 cm³/mol. The topological polar surface area (TPSA) is 30.7 Å². The van der Waals surface area contributed by atoms with Crippen molar-refractivity contribution in [2.75, 3.05) is 0 Å². The summed E-state index contributed by atoms with van der Waals surface area (Å²) in [4.78, 5) is 4.49. The maximum Gasteiger partial charge on any atom is 0.0834 e. The Morgan fingerprint density at radius 3 is 2.25 bits per heavy atom. The van der Waals surface area contributed by atoms with Crippen molar-refractivity contribution in [3.8, 4) is 0 Å². The minimum Gasteiger partial charge on any atom is -0.263 e. The summed E-state index contributed by atoms with van der Waals surface area (Å²) in [5, 5.41) is 4.45. The highest BCUT2D eigenvalue weighted by atomic mass is 15.3. The first-order valence-corrected chi connectivity index (χ1v) is 7.15. The van der Waals surface area contributed by atoms with Gasteiger partial charge >= 0.3 is 0 Å². The third kappa shape index (κ3) is 3.27. The number of hydrogen-bond acceptors (Lipinski definition) is 2. The quantitative estimate of drug-likeness (QED) is 0.828. The lowest BCUT2D eigenvalue weighted by Gasteiger charge is -2.21. The van der Waals surface area contributed by atoms with Gasteiger partial charge in [-0.15, -0.1) is 0 Å². The Balaban J connectivity index is 2.30. The van der Waals surface area contributed by atoms with Gasteiger partial charge in [0.25, 0.3) is 0 Å². The molecule has 0 aliphatic rings. The van der Waals surface area contributed by atoms with Gasteiger partial charge in [-0.1, -0.05) is 41.5 Å². The van der Waals surface area contributed by atoms with E-state index >= 15 is 0 Å². The summed E-state index contributed by atoms with van der Waals surface area (Å²) in [6.07, 6.45) is 3.77. The van der Waals surface area contributed by atoms with Crippen molar-refractivity contribution < 1.29 is 0 Å². The van der Waals surface area contributed by atoms with Gasteiger partial charge in [-0.3, -0.25) is 9.67 Å². The van der Waals surface area contributed by atoms with Crippen molar-refractivity contribution in [2.45, 2.75) is 58.9 Å². The van der Waals surface area contributed by atoms with Crippen LogP contribution in [0.3, 0.4) is 0 Å². The molecule has 3 heteroatoms. The highest BCUT2D eigenvalue weighted by Gasteiger charge is 2.19. The number of pyridine rings is 1. The van der Waals surface area contributed by atoms with Crippen molar-refractivity contribution in [3.63, 3.8) is 0 Å². The van der Waals surface area contributed by atoms with Gasteiger partial charge in [-0.05, 0) is 29.2 Å². The number of rotatable bonds is 2. The van der Waals surface area contributed by atoms with Crippen molar-refractivity contribution in [1.29, 1.82) is 0 Å². The molecule has 0 saturated carbocycles. The SMILES string of the molecule is CC(C)(C)c1ccnc(Cn2nccc2C(C)(C)C)c1. The summed E-state index contributed by atoms with van der Waals surface area (Å²) in [5.41, 5.74) is 3.85. The molecule has 0 fully saturated rings. The number of aromatic nitrogens is 3. The van der Waals surface area contributed by atoms with E-state index in [0.29, 0.717) is 0 Å². The lowest BCUT2D eigenvalue weighted by molar-refractivity contribution is 0.502. The van der Waals surface area contributed by atoms with E-state index < -0.39 is 0 Å². The second-order valence-corrected chi connectivity index (χ2v) is 7.41.